The Morgan fingerprint density at radius 1 is 0.585 bits per heavy atom. The topological polar surface area (TPSA) is 55.8 Å². The van der Waals surface area contributed by atoms with Crippen molar-refractivity contribution < 1.29 is 19.4 Å². The first-order valence-electron chi connectivity index (χ1n) is 17.9. The lowest BCUT2D eigenvalue weighted by Crippen LogP contribution is -2.27. The lowest BCUT2D eigenvalue weighted by Gasteiger charge is -2.15. The Hall–Kier alpha value is -1.13. The molecule has 0 fully saturated rings. The van der Waals surface area contributed by atoms with Crippen molar-refractivity contribution in [1.29, 1.82) is 0 Å². The lowest BCUT2D eigenvalue weighted by molar-refractivity contribution is -0.154. The fourth-order valence-corrected chi connectivity index (χ4v) is 5.06. The molecule has 242 valence electrons. The van der Waals surface area contributed by atoms with E-state index in [2.05, 4.69) is 38.2 Å². The fraction of sp³-hybridized carbons (Fsp3) is 0.865. The fourth-order valence-electron chi connectivity index (χ4n) is 5.06. The monoisotopic (exact) mass is 579 g/mol. The summed E-state index contributed by atoms with van der Waals surface area (Å²) in [5.41, 5.74) is 0. The van der Waals surface area contributed by atoms with Crippen molar-refractivity contribution in [3.05, 3.63) is 24.3 Å². The molecule has 0 saturated carbocycles. The van der Waals surface area contributed by atoms with E-state index in [0.29, 0.717) is 19.6 Å². The molecule has 0 aromatic carbocycles. The summed E-state index contributed by atoms with van der Waals surface area (Å²) in [6.45, 7) is 5.26. The number of carbonyl (C=O) groups excluding carboxylic acids is 1. The van der Waals surface area contributed by atoms with E-state index in [-0.39, 0.29) is 12.6 Å². The van der Waals surface area contributed by atoms with Gasteiger partial charge in [-0.05, 0) is 44.9 Å². The minimum Gasteiger partial charge on any atom is -0.457 e. The van der Waals surface area contributed by atoms with Gasteiger partial charge in [-0.15, -0.1) is 0 Å². The van der Waals surface area contributed by atoms with Crippen molar-refractivity contribution in [2.24, 2.45) is 0 Å². The van der Waals surface area contributed by atoms with Gasteiger partial charge < -0.3 is 14.6 Å². The molecule has 0 spiro atoms. The molecule has 0 amide bonds. The molecule has 4 nitrogen and oxygen atoms in total. The quantitative estimate of drug-likeness (QED) is 0.0478. The maximum atomic E-state index is 11.9. The van der Waals surface area contributed by atoms with Gasteiger partial charge in [0.2, 0.25) is 0 Å². The molecular formula is C37H70O4. The number of carbonyl (C=O) groups is 1. The molecule has 0 radical (unpaired) electrons. The van der Waals surface area contributed by atoms with Crippen LogP contribution < -0.4 is 0 Å². The number of hydrogen-bond acceptors (Lipinski definition) is 4. The highest BCUT2D eigenvalue weighted by molar-refractivity contribution is 5.69. The van der Waals surface area contributed by atoms with Gasteiger partial charge in [-0.25, -0.2) is 0 Å². The summed E-state index contributed by atoms with van der Waals surface area (Å²) in [6.07, 6.45) is 41.1. The molecule has 0 heterocycles. The van der Waals surface area contributed by atoms with Crippen molar-refractivity contribution in [3.63, 3.8) is 0 Å². The zero-order valence-corrected chi connectivity index (χ0v) is 27.6. The molecule has 1 unspecified atom stereocenters. The molecule has 0 aromatic heterocycles. The van der Waals surface area contributed by atoms with Gasteiger partial charge in [-0.3, -0.25) is 4.79 Å². The SMILES string of the molecule is CCCCCCC/C=C\C/C=C\CCCCCCCCCCCCCCOCC(CO)OC(=O)CCCCCCC. The van der Waals surface area contributed by atoms with Gasteiger partial charge in [-0.2, -0.15) is 0 Å². The third-order valence-electron chi connectivity index (χ3n) is 7.78. The van der Waals surface area contributed by atoms with Crippen molar-refractivity contribution in [1.82, 2.24) is 0 Å². The Labute approximate surface area is 256 Å². The second-order valence-electron chi connectivity index (χ2n) is 11.9. The Balaban J connectivity index is 3.33. The van der Waals surface area contributed by atoms with Crippen LogP contribution in [0.15, 0.2) is 24.3 Å². The number of hydrogen-bond donors (Lipinski definition) is 1. The van der Waals surface area contributed by atoms with E-state index in [1.54, 1.807) is 0 Å². The average Bonchev–Trinajstić information content (AvgIpc) is 2.98. The summed E-state index contributed by atoms with van der Waals surface area (Å²) in [4.78, 5) is 11.9. The number of ether oxygens (including phenoxy) is 2. The van der Waals surface area contributed by atoms with E-state index < -0.39 is 6.10 Å². The highest BCUT2D eigenvalue weighted by atomic mass is 16.6. The molecule has 0 aliphatic heterocycles. The van der Waals surface area contributed by atoms with Crippen LogP contribution in [0.1, 0.15) is 181 Å². The Morgan fingerprint density at radius 2 is 1.02 bits per heavy atom. The zero-order chi connectivity index (χ0) is 29.9. The molecule has 4 heteroatoms. The van der Waals surface area contributed by atoms with Crippen LogP contribution in [0, 0.1) is 0 Å². The second-order valence-corrected chi connectivity index (χ2v) is 11.9. The highest BCUT2D eigenvalue weighted by Crippen LogP contribution is 2.13. The van der Waals surface area contributed by atoms with Crippen LogP contribution in [0.25, 0.3) is 0 Å². The van der Waals surface area contributed by atoms with Crippen LogP contribution in [0.3, 0.4) is 0 Å². The molecule has 0 saturated heterocycles. The molecule has 0 rings (SSSR count). The molecule has 41 heavy (non-hydrogen) atoms. The van der Waals surface area contributed by atoms with Crippen LogP contribution in [0.2, 0.25) is 0 Å². The molecule has 0 aromatic rings. The maximum Gasteiger partial charge on any atom is 0.306 e. The largest absolute Gasteiger partial charge is 0.457 e. The van der Waals surface area contributed by atoms with Crippen LogP contribution in [-0.2, 0) is 14.3 Å². The molecular weight excluding hydrogens is 508 g/mol. The molecule has 0 aliphatic carbocycles. The summed E-state index contributed by atoms with van der Waals surface area (Å²) in [6, 6.07) is 0. The van der Waals surface area contributed by atoms with E-state index in [0.717, 1.165) is 25.7 Å². The first kappa shape index (κ1) is 39.9. The van der Waals surface area contributed by atoms with Gasteiger partial charge in [0.15, 0.2) is 0 Å². The minimum absolute atomic E-state index is 0.170. The van der Waals surface area contributed by atoms with E-state index in [9.17, 15) is 9.90 Å². The molecule has 0 aliphatic rings. The van der Waals surface area contributed by atoms with Crippen LogP contribution in [-0.4, -0.2) is 37.0 Å². The predicted octanol–water partition coefficient (Wildman–Crippen LogP) is 11.2. The van der Waals surface area contributed by atoms with Gasteiger partial charge in [0, 0.05) is 13.0 Å². The standard InChI is InChI=1S/C37H70O4/c1-3-5-7-9-10-11-12-13-14-15-16-17-18-19-20-21-22-23-24-25-26-27-29-31-33-40-35-36(34-38)41-37(39)32-30-28-8-6-4-2/h12-13,15-16,36,38H,3-11,14,17-35H2,1-2H3/b13-12-,16-15-. The summed E-state index contributed by atoms with van der Waals surface area (Å²) in [5.74, 6) is -0.213. The third kappa shape index (κ3) is 33.2. The summed E-state index contributed by atoms with van der Waals surface area (Å²) >= 11 is 0. The van der Waals surface area contributed by atoms with Crippen molar-refractivity contribution in [2.45, 2.75) is 187 Å². The molecule has 0 bridgehead atoms. The predicted molar refractivity (Wildman–Crippen MR) is 177 cm³/mol. The Bertz CT molecular complexity index is 571. The van der Waals surface area contributed by atoms with Crippen molar-refractivity contribution in [3.8, 4) is 0 Å². The van der Waals surface area contributed by atoms with E-state index >= 15 is 0 Å². The molecule has 1 N–H and O–H groups in total. The number of unbranched alkanes of at least 4 members (excludes halogenated alkanes) is 21. The van der Waals surface area contributed by atoms with Crippen molar-refractivity contribution in [2.75, 3.05) is 19.8 Å². The Kier molecular flexibility index (Phi) is 34.1. The number of aliphatic hydroxyl groups is 1. The van der Waals surface area contributed by atoms with Gasteiger partial charge in [0.1, 0.15) is 6.10 Å². The van der Waals surface area contributed by atoms with E-state index in [4.69, 9.17) is 9.47 Å². The number of rotatable bonds is 33. The van der Waals surface area contributed by atoms with Gasteiger partial charge in [0.25, 0.3) is 0 Å². The van der Waals surface area contributed by atoms with Crippen molar-refractivity contribution >= 4 is 5.97 Å². The molecule has 1 atom stereocenters. The normalized spacial score (nSPS) is 12.6. The summed E-state index contributed by atoms with van der Waals surface area (Å²) < 4.78 is 11.0. The highest BCUT2D eigenvalue weighted by Gasteiger charge is 2.13. The van der Waals surface area contributed by atoms with E-state index in [1.807, 2.05) is 0 Å². The first-order valence-corrected chi connectivity index (χ1v) is 17.9. The summed E-state index contributed by atoms with van der Waals surface area (Å²) in [7, 11) is 0. The number of allylic oxidation sites excluding steroid dienone is 4. The van der Waals surface area contributed by atoms with Crippen LogP contribution in [0.4, 0.5) is 0 Å². The van der Waals surface area contributed by atoms with E-state index in [1.165, 1.54) is 135 Å². The second kappa shape index (κ2) is 35.1. The van der Waals surface area contributed by atoms with Gasteiger partial charge in [-0.1, -0.05) is 154 Å². The van der Waals surface area contributed by atoms with Crippen LogP contribution >= 0.6 is 0 Å². The lowest BCUT2D eigenvalue weighted by atomic mass is 10.0. The van der Waals surface area contributed by atoms with Gasteiger partial charge in [0.05, 0.1) is 13.2 Å². The smallest absolute Gasteiger partial charge is 0.306 e. The number of esters is 1. The van der Waals surface area contributed by atoms with Gasteiger partial charge >= 0.3 is 5.97 Å². The number of aliphatic hydroxyl groups excluding tert-OH is 1. The first-order chi connectivity index (χ1) is 20.2. The Morgan fingerprint density at radius 3 is 1.51 bits per heavy atom. The third-order valence-corrected chi connectivity index (χ3v) is 7.78. The van der Waals surface area contributed by atoms with Crippen LogP contribution in [0.5, 0.6) is 0 Å². The minimum atomic E-state index is -0.526. The average molecular weight is 579 g/mol. The summed E-state index contributed by atoms with van der Waals surface area (Å²) in [5, 5.41) is 9.45. The zero-order valence-electron chi connectivity index (χ0n) is 27.6. The maximum absolute atomic E-state index is 11.9.